The molecule has 0 aliphatic heterocycles. The van der Waals surface area contributed by atoms with E-state index in [4.69, 9.17) is 0 Å². The normalized spacial score (nSPS) is 13.2. The fourth-order valence-electron chi connectivity index (χ4n) is 4.28. The van der Waals surface area contributed by atoms with Gasteiger partial charge in [-0.1, -0.05) is 0 Å². The summed E-state index contributed by atoms with van der Waals surface area (Å²) in [5.74, 6) is 0. The topological polar surface area (TPSA) is 0 Å². The predicted octanol–water partition coefficient (Wildman–Crippen LogP) is 7.96. The molecule has 1 heteroatoms. The molecule has 1 aromatic rings. The van der Waals surface area contributed by atoms with Crippen LogP contribution in [0.3, 0.4) is 0 Å². The third-order valence-electron chi connectivity index (χ3n) is 5.60. The maximum atomic E-state index is 2.44. The van der Waals surface area contributed by atoms with Crippen LogP contribution in [0.2, 0.25) is 13.3 Å². The molecule has 0 saturated heterocycles. The molecule has 23 heavy (non-hydrogen) atoms. The molecule has 0 heterocycles. The van der Waals surface area contributed by atoms with Crippen molar-refractivity contribution in [3.63, 3.8) is 0 Å². The van der Waals surface area contributed by atoms with Gasteiger partial charge in [0.25, 0.3) is 0 Å². The summed E-state index contributed by atoms with van der Waals surface area (Å²) >= 11 is -2.16. The fraction of sp³-hybridized carbons (Fsp3) is 0.727. The van der Waals surface area contributed by atoms with Crippen molar-refractivity contribution in [1.29, 1.82) is 0 Å². The van der Waals surface area contributed by atoms with Gasteiger partial charge >= 0.3 is 151 Å². The van der Waals surface area contributed by atoms with Gasteiger partial charge in [-0.05, 0) is 0 Å². The summed E-state index contributed by atoms with van der Waals surface area (Å²) in [6, 6.07) is 11.6. The van der Waals surface area contributed by atoms with E-state index in [0.29, 0.717) is 0 Å². The first-order valence-corrected chi connectivity index (χ1v) is 18.0. The molecule has 0 aromatic heterocycles. The van der Waals surface area contributed by atoms with Gasteiger partial charge < -0.3 is 0 Å². The summed E-state index contributed by atoms with van der Waals surface area (Å²) in [4.78, 5) is 0. The van der Waals surface area contributed by atoms with E-state index in [-0.39, 0.29) is 0 Å². The first-order chi connectivity index (χ1) is 11.2. The minimum absolute atomic E-state index is 0.958. The van der Waals surface area contributed by atoms with E-state index in [0.717, 1.165) is 3.93 Å². The van der Waals surface area contributed by atoms with Gasteiger partial charge in [0.15, 0.2) is 0 Å². The molecule has 1 unspecified atom stereocenters. The van der Waals surface area contributed by atoms with Crippen LogP contribution >= 0.6 is 0 Å². The van der Waals surface area contributed by atoms with Crippen LogP contribution in [-0.4, -0.2) is 18.4 Å². The van der Waals surface area contributed by atoms with Crippen LogP contribution in [0.4, 0.5) is 0 Å². The SMILES string of the molecule is CCC[CH2][Sn]([CH2]CCC)([CH2]CCC)[CH](CCC)c1ccccc1. The summed E-state index contributed by atoms with van der Waals surface area (Å²) in [5, 5.41) is 0. The van der Waals surface area contributed by atoms with Crippen molar-refractivity contribution < 1.29 is 0 Å². The standard InChI is InChI=1S/C10H13.3C4H9.Sn/c1-2-3-7-10-8-5-4-6-9-10;3*1-3-4-2;/h4-9H,2-3H2,1H3;3*1,3-4H2,2H3;. The summed E-state index contributed by atoms with van der Waals surface area (Å²) < 4.78 is 5.85. The van der Waals surface area contributed by atoms with Crippen LogP contribution in [0.25, 0.3) is 0 Å². The number of benzene rings is 1. The van der Waals surface area contributed by atoms with Crippen molar-refractivity contribution in [3.8, 4) is 0 Å². The van der Waals surface area contributed by atoms with Crippen LogP contribution in [0.15, 0.2) is 30.3 Å². The third-order valence-corrected chi connectivity index (χ3v) is 23.2. The minimum atomic E-state index is -2.16. The van der Waals surface area contributed by atoms with Crippen molar-refractivity contribution >= 4 is 18.4 Å². The Hall–Kier alpha value is 0.0187. The second kappa shape index (κ2) is 12.4. The average molecular weight is 423 g/mol. The second-order valence-corrected chi connectivity index (χ2v) is 21.5. The molecule has 132 valence electrons. The molecule has 0 saturated carbocycles. The second-order valence-electron chi connectivity index (χ2n) is 7.42. The Morgan fingerprint density at radius 3 is 1.57 bits per heavy atom. The van der Waals surface area contributed by atoms with Gasteiger partial charge in [-0.2, -0.15) is 0 Å². The van der Waals surface area contributed by atoms with E-state index in [2.05, 4.69) is 58.0 Å². The van der Waals surface area contributed by atoms with Gasteiger partial charge in [-0.3, -0.25) is 0 Å². The molecular weight excluding hydrogens is 383 g/mol. The van der Waals surface area contributed by atoms with Crippen LogP contribution in [0.1, 0.15) is 88.6 Å². The van der Waals surface area contributed by atoms with E-state index in [1.54, 1.807) is 18.9 Å². The number of unbranched alkanes of at least 4 members (excludes halogenated alkanes) is 3. The summed E-state index contributed by atoms with van der Waals surface area (Å²) in [6.45, 7) is 9.54. The predicted molar refractivity (Wildman–Crippen MR) is 109 cm³/mol. The quantitative estimate of drug-likeness (QED) is 0.282. The van der Waals surface area contributed by atoms with Gasteiger partial charge in [-0.25, -0.2) is 0 Å². The van der Waals surface area contributed by atoms with Crippen molar-refractivity contribution in [2.24, 2.45) is 0 Å². The number of rotatable bonds is 13. The Morgan fingerprint density at radius 2 is 1.17 bits per heavy atom. The molecule has 0 spiro atoms. The molecule has 1 rings (SSSR count). The first-order valence-electron chi connectivity index (χ1n) is 10.3. The monoisotopic (exact) mass is 424 g/mol. The Labute approximate surface area is 150 Å². The van der Waals surface area contributed by atoms with Gasteiger partial charge in [0, 0.05) is 0 Å². The Morgan fingerprint density at radius 1 is 0.696 bits per heavy atom. The van der Waals surface area contributed by atoms with Crippen LogP contribution < -0.4 is 0 Å². The van der Waals surface area contributed by atoms with Gasteiger partial charge in [0.05, 0.1) is 0 Å². The van der Waals surface area contributed by atoms with E-state index < -0.39 is 18.4 Å². The van der Waals surface area contributed by atoms with E-state index >= 15 is 0 Å². The van der Waals surface area contributed by atoms with Gasteiger partial charge in [-0.15, -0.1) is 0 Å². The average Bonchev–Trinajstić information content (AvgIpc) is 2.60. The zero-order valence-corrected chi connectivity index (χ0v) is 19.1. The van der Waals surface area contributed by atoms with Crippen LogP contribution in [-0.2, 0) is 0 Å². The molecule has 1 atom stereocenters. The van der Waals surface area contributed by atoms with Crippen molar-refractivity contribution in [3.05, 3.63) is 35.9 Å². The Bertz CT molecular complexity index is 362. The number of hydrogen-bond acceptors (Lipinski definition) is 0. The fourth-order valence-corrected chi connectivity index (χ4v) is 23.6. The Kier molecular flexibility index (Phi) is 11.3. The molecule has 0 N–H and O–H groups in total. The van der Waals surface area contributed by atoms with E-state index in [1.807, 2.05) is 0 Å². The third kappa shape index (κ3) is 6.80. The number of hydrogen-bond donors (Lipinski definition) is 0. The first kappa shape index (κ1) is 21.1. The summed E-state index contributed by atoms with van der Waals surface area (Å²) in [5.41, 5.74) is 1.69. The Balaban J connectivity index is 3.15. The summed E-state index contributed by atoms with van der Waals surface area (Å²) in [6.07, 6.45) is 11.4. The van der Waals surface area contributed by atoms with E-state index in [1.165, 1.54) is 51.4 Å². The molecule has 0 nitrogen and oxygen atoms in total. The van der Waals surface area contributed by atoms with Crippen molar-refractivity contribution in [2.75, 3.05) is 0 Å². The molecular formula is C22H40Sn. The van der Waals surface area contributed by atoms with Crippen molar-refractivity contribution in [2.45, 2.75) is 96.3 Å². The van der Waals surface area contributed by atoms with Gasteiger partial charge in [0.1, 0.15) is 0 Å². The molecule has 0 amide bonds. The summed E-state index contributed by atoms with van der Waals surface area (Å²) in [7, 11) is 0. The zero-order chi connectivity index (χ0) is 17.0. The molecule has 0 bridgehead atoms. The van der Waals surface area contributed by atoms with Gasteiger partial charge in [0.2, 0.25) is 0 Å². The maximum absolute atomic E-state index is 2.44. The van der Waals surface area contributed by atoms with E-state index in [9.17, 15) is 0 Å². The zero-order valence-electron chi connectivity index (χ0n) is 16.2. The van der Waals surface area contributed by atoms with Crippen LogP contribution in [0, 0.1) is 0 Å². The van der Waals surface area contributed by atoms with Crippen LogP contribution in [0.5, 0.6) is 0 Å². The molecule has 0 fully saturated rings. The molecule has 0 aliphatic rings. The molecule has 0 aliphatic carbocycles. The molecule has 0 radical (unpaired) electrons. The molecule has 1 aromatic carbocycles. The van der Waals surface area contributed by atoms with Crippen molar-refractivity contribution in [1.82, 2.24) is 0 Å².